The highest BCUT2D eigenvalue weighted by atomic mass is 127. The van der Waals surface area contributed by atoms with E-state index in [1.807, 2.05) is 19.3 Å². The largest absolute Gasteiger partial charge is 0.355 e. The Bertz CT molecular complexity index is 594. The molecule has 1 aromatic rings. The summed E-state index contributed by atoms with van der Waals surface area (Å²) in [6, 6.07) is 6.98. The van der Waals surface area contributed by atoms with Gasteiger partial charge in [-0.25, -0.2) is 4.98 Å². The molecule has 2 aliphatic carbocycles. The lowest BCUT2D eigenvalue weighted by Gasteiger charge is -2.37. The molecule has 0 radical (unpaired) electrons. The molecule has 0 aromatic carbocycles. The van der Waals surface area contributed by atoms with Crippen LogP contribution in [0.1, 0.15) is 25.7 Å². The Labute approximate surface area is 180 Å². The van der Waals surface area contributed by atoms with E-state index in [9.17, 15) is 0 Å². The molecule has 1 saturated heterocycles. The minimum atomic E-state index is 0. The molecule has 3 fully saturated rings. The van der Waals surface area contributed by atoms with Gasteiger partial charge >= 0.3 is 0 Å². The van der Waals surface area contributed by atoms with E-state index in [0.717, 1.165) is 63.0 Å². The lowest BCUT2D eigenvalue weighted by Crippen LogP contribution is -2.53. The molecular weight excluding hydrogens is 451 g/mol. The van der Waals surface area contributed by atoms with Crippen LogP contribution in [0.5, 0.6) is 0 Å². The normalized spacial score (nSPS) is 20.6. The first-order chi connectivity index (χ1) is 12.8. The van der Waals surface area contributed by atoms with Gasteiger partial charge in [-0.2, -0.15) is 0 Å². The lowest BCUT2D eigenvalue weighted by atomic mass is 10.3. The molecule has 1 N–H and O–H groups in total. The van der Waals surface area contributed by atoms with E-state index in [2.05, 4.69) is 42.1 Å². The molecule has 1 aromatic heterocycles. The van der Waals surface area contributed by atoms with Crippen molar-refractivity contribution < 1.29 is 0 Å². The number of nitrogens with one attached hydrogen (secondary N) is 1. The van der Waals surface area contributed by atoms with Crippen LogP contribution in [0.2, 0.25) is 0 Å². The van der Waals surface area contributed by atoms with Crippen molar-refractivity contribution in [1.29, 1.82) is 0 Å². The van der Waals surface area contributed by atoms with Gasteiger partial charge in [0, 0.05) is 65.1 Å². The highest BCUT2D eigenvalue weighted by Crippen LogP contribution is 2.34. The van der Waals surface area contributed by atoms with Crippen molar-refractivity contribution in [2.24, 2.45) is 10.9 Å². The van der Waals surface area contributed by atoms with E-state index in [0.29, 0.717) is 0 Å². The van der Waals surface area contributed by atoms with Crippen LogP contribution in [0.25, 0.3) is 0 Å². The van der Waals surface area contributed by atoms with Crippen molar-refractivity contribution in [1.82, 2.24) is 20.1 Å². The number of hydrogen-bond acceptors (Lipinski definition) is 4. The fraction of sp³-hybridized carbons (Fsp3) is 0.700. The van der Waals surface area contributed by atoms with Crippen LogP contribution in [-0.4, -0.2) is 79.6 Å². The second kappa shape index (κ2) is 9.91. The topological polar surface area (TPSA) is 47.0 Å². The fourth-order valence-electron chi connectivity index (χ4n) is 3.83. The maximum atomic E-state index is 4.52. The SMILES string of the molecule is CN=C(NCCN(CC1CC1)C1CC1)N1CCN(c2ccccn2)CC1.I. The minimum Gasteiger partial charge on any atom is -0.355 e. The van der Waals surface area contributed by atoms with Gasteiger partial charge in [0.25, 0.3) is 0 Å². The zero-order valence-corrected chi connectivity index (χ0v) is 18.7. The molecule has 1 aliphatic heterocycles. The van der Waals surface area contributed by atoms with Gasteiger partial charge in [0.2, 0.25) is 0 Å². The molecule has 27 heavy (non-hydrogen) atoms. The van der Waals surface area contributed by atoms with E-state index in [1.54, 1.807) is 0 Å². The summed E-state index contributed by atoms with van der Waals surface area (Å²) in [5.41, 5.74) is 0. The monoisotopic (exact) mass is 484 g/mol. The first-order valence-corrected chi connectivity index (χ1v) is 10.2. The Morgan fingerprint density at radius 2 is 1.96 bits per heavy atom. The summed E-state index contributed by atoms with van der Waals surface area (Å²) in [7, 11) is 1.90. The predicted octanol–water partition coefficient (Wildman–Crippen LogP) is 2.27. The Balaban J connectivity index is 0.00000210. The summed E-state index contributed by atoms with van der Waals surface area (Å²) in [6.07, 6.45) is 7.56. The number of guanidine groups is 1. The summed E-state index contributed by atoms with van der Waals surface area (Å²) in [5.74, 6) is 3.11. The van der Waals surface area contributed by atoms with Crippen molar-refractivity contribution in [2.75, 3.05) is 57.8 Å². The molecule has 0 amide bonds. The van der Waals surface area contributed by atoms with Crippen LogP contribution >= 0.6 is 24.0 Å². The van der Waals surface area contributed by atoms with Crippen molar-refractivity contribution in [3.05, 3.63) is 24.4 Å². The van der Waals surface area contributed by atoms with Gasteiger partial charge in [-0.1, -0.05) is 6.07 Å². The van der Waals surface area contributed by atoms with Crippen molar-refractivity contribution in [3.8, 4) is 0 Å². The summed E-state index contributed by atoms with van der Waals surface area (Å²) < 4.78 is 0. The van der Waals surface area contributed by atoms with Crippen molar-refractivity contribution >= 4 is 35.8 Å². The molecule has 0 unspecified atom stereocenters. The number of piperazine rings is 1. The predicted molar refractivity (Wildman–Crippen MR) is 122 cm³/mol. The Hall–Kier alpha value is -1.09. The van der Waals surface area contributed by atoms with Crippen LogP contribution < -0.4 is 10.2 Å². The van der Waals surface area contributed by atoms with Crippen molar-refractivity contribution in [3.63, 3.8) is 0 Å². The standard InChI is InChI=1S/C20H32N6.HI/c1-21-20(23-10-11-26(18-7-8-18)16-17-5-6-17)25-14-12-24(13-15-25)19-4-2-3-9-22-19;/h2-4,9,17-18H,5-8,10-16H2,1H3,(H,21,23);1H. The minimum absolute atomic E-state index is 0. The third-order valence-electron chi connectivity index (χ3n) is 5.70. The van der Waals surface area contributed by atoms with Gasteiger partial charge in [-0.3, -0.25) is 9.89 Å². The van der Waals surface area contributed by atoms with Crippen LogP contribution in [-0.2, 0) is 0 Å². The molecule has 0 atom stereocenters. The Kier molecular flexibility index (Phi) is 7.57. The molecule has 3 aliphatic rings. The first kappa shape index (κ1) is 20.6. The summed E-state index contributed by atoms with van der Waals surface area (Å²) in [4.78, 5) is 16.4. The Morgan fingerprint density at radius 3 is 2.56 bits per heavy atom. The smallest absolute Gasteiger partial charge is 0.193 e. The quantitative estimate of drug-likeness (QED) is 0.366. The molecular formula is C20H33IN6. The molecule has 4 rings (SSSR count). The van der Waals surface area contributed by atoms with Crippen LogP contribution in [0.15, 0.2) is 29.4 Å². The maximum absolute atomic E-state index is 4.52. The summed E-state index contributed by atoms with van der Waals surface area (Å²) in [5, 5.41) is 3.60. The number of halogens is 1. The van der Waals surface area contributed by atoms with E-state index in [-0.39, 0.29) is 24.0 Å². The summed E-state index contributed by atoms with van der Waals surface area (Å²) in [6.45, 7) is 7.43. The average molecular weight is 484 g/mol. The zero-order valence-electron chi connectivity index (χ0n) is 16.4. The molecule has 2 heterocycles. The number of aromatic nitrogens is 1. The van der Waals surface area contributed by atoms with Gasteiger partial charge in [-0.05, 0) is 43.7 Å². The lowest BCUT2D eigenvalue weighted by molar-refractivity contribution is 0.255. The fourth-order valence-corrected chi connectivity index (χ4v) is 3.83. The van der Waals surface area contributed by atoms with Gasteiger partial charge in [0.05, 0.1) is 0 Å². The first-order valence-electron chi connectivity index (χ1n) is 10.2. The number of rotatable bonds is 7. The second-order valence-corrected chi connectivity index (χ2v) is 7.81. The third-order valence-corrected chi connectivity index (χ3v) is 5.70. The van der Waals surface area contributed by atoms with E-state index in [1.165, 1.54) is 32.2 Å². The van der Waals surface area contributed by atoms with Gasteiger partial charge < -0.3 is 15.1 Å². The van der Waals surface area contributed by atoms with Crippen LogP contribution in [0, 0.1) is 5.92 Å². The average Bonchev–Trinajstić information content (AvgIpc) is 3.59. The molecule has 150 valence electrons. The number of pyridine rings is 1. The Morgan fingerprint density at radius 1 is 1.19 bits per heavy atom. The number of aliphatic imine (C=N–C) groups is 1. The van der Waals surface area contributed by atoms with E-state index in [4.69, 9.17) is 0 Å². The second-order valence-electron chi connectivity index (χ2n) is 7.81. The molecule has 0 bridgehead atoms. The molecule has 2 saturated carbocycles. The summed E-state index contributed by atoms with van der Waals surface area (Å²) >= 11 is 0. The van der Waals surface area contributed by atoms with Gasteiger partial charge in [0.1, 0.15) is 5.82 Å². The number of nitrogens with zero attached hydrogens (tertiary/aromatic N) is 5. The van der Waals surface area contributed by atoms with Crippen molar-refractivity contribution in [2.45, 2.75) is 31.7 Å². The zero-order chi connectivity index (χ0) is 17.8. The van der Waals surface area contributed by atoms with E-state index >= 15 is 0 Å². The van der Waals surface area contributed by atoms with E-state index < -0.39 is 0 Å². The molecule has 0 spiro atoms. The molecule has 6 nitrogen and oxygen atoms in total. The van der Waals surface area contributed by atoms with Crippen LogP contribution in [0.4, 0.5) is 5.82 Å². The van der Waals surface area contributed by atoms with Gasteiger partial charge in [-0.15, -0.1) is 24.0 Å². The van der Waals surface area contributed by atoms with Crippen LogP contribution in [0.3, 0.4) is 0 Å². The number of anilines is 1. The third kappa shape index (κ3) is 5.94. The highest BCUT2D eigenvalue weighted by Gasteiger charge is 2.33. The maximum Gasteiger partial charge on any atom is 0.193 e. The van der Waals surface area contributed by atoms with Gasteiger partial charge in [0.15, 0.2) is 5.96 Å². The number of hydrogen-bond donors (Lipinski definition) is 1. The highest BCUT2D eigenvalue weighted by molar-refractivity contribution is 14.0. The molecule has 7 heteroatoms.